The highest BCUT2D eigenvalue weighted by Gasteiger charge is 2.52. The Labute approximate surface area is 121 Å². The second-order valence-electron chi connectivity index (χ2n) is 5.59. The van der Waals surface area contributed by atoms with E-state index in [1.54, 1.807) is 12.3 Å². The first-order valence-corrected chi connectivity index (χ1v) is 7.92. The van der Waals surface area contributed by atoms with E-state index in [1.807, 2.05) is 27.7 Å². The zero-order valence-corrected chi connectivity index (χ0v) is 13.3. The zero-order valence-electron chi connectivity index (χ0n) is 11.7. The Morgan fingerprint density at radius 1 is 1.26 bits per heavy atom. The Hall–Kier alpha value is -0.425. The molecule has 1 aromatic heterocycles. The maximum absolute atomic E-state index is 11.8. The van der Waals surface area contributed by atoms with Crippen molar-refractivity contribution in [2.45, 2.75) is 43.9 Å². The molecular formula is C12H17BClNO3S. The fraction of sp³-hybridized carbons (Fsp3) is 0.583. The molecule has 0 saturated carbocycles. The van der Waals surface area contributed by atoms with Gasteiger partial charge >= 0.3 is 7.12 Å². The van der Waals surface area contributed by atoms with Crippen LogP contribution in [0.25, 0.3) is 0 Å². The molecule has 1 saturated heterocycles. The lowest BCUT2D eigenvalue weighted by Crippen LogP contribution is -2.41. The second kappa shape index (κ2) is 4.84. The minimum Gasteiger partial charge on any atom is -0.399 e. The van der Waals surface area contributed by atoms with Gasteiger partial charge in [-0.1, -0.05) is 11.6 Å². The third-order valence-corrected chi connectivity index (χ3v) is 4.72. The topological polar surface area (TPSA) is 48.4 Å². The van der Waals surface area contributed by atoms with Crippen LogP contribution in [-0.2, 0) is 20.1 Å². The molecule has 1 fully saturated rings. The molecule has 1 atom stereocenters. The van der Waals surface area contributed by atoms with Gasteiger partial charge in [0.2, 0.25) is 0 Å². The van der Waals surface area contributed by atoms with Crippen molar-refractivity contribution >= 4 is 35.0 Å². The quantitative estimate of drug-likeness (QED) is 0.781. The molecule has 0 N–H and O–H groups in total. The fourth-order valence-electron chi connectivity index (χ4n) is 1.82. The highest BCUT2D eigenvalue weighted by molar-refractivity contribution is 7.84. The summed E-state index contributed by atoms with van der Waals surface area (Å²) in [5, 5.41) is 0.918. The molecule has 0 amide bonds. The molecule has 1 aliphatic heterocycles. The summed E-state index contributed by atoms with van der Waals surface area (Å²) in [6.07, 6.45) is 3.05. The normalized spacial score (nSPS) is 22.5. The number of hydrogen-bond donors (Lipinski definition) is 0. The molecule has 0 radical (unpaired) electrons. The van der Waals surface area contributed by atoms with Crippen LogP contribution in [0.2, 0.25) is 5.02 Å². The van der Waals surface area contributed by atoms with Crippen LogP contribution in [0.15, 0.2) is 17.3 Å². The van der Waals surface area contributed by atoms with E-state index in [-0.39, 0.29) is 0 Å². The molecule has 7 heteroatoms. The van der Waals surface area contributed by atoms with Crippen LogP contribution in [0.4, 0.5) is 0 Å². The molecule has 19 heavy (non-hydrogen) atoms. The lowest BCUT2D eigenvalue weighted by atomic mass is 9.80. The van der Waals surface area contributed by atoms with Crippen molar-refractivity contribution in [2.75, 3.05) is 6.26 Å². The number of rotatable bonds is 2. The van der Waals surface area contributed by atoms with Crippen molar-refractivity contribution in [3.05, 3.63) is 17.3 Å². The first-order valence-electron chi connectivity index (χ1n) is 5.98. The van der Waals surface area contributed by atoms with Crippen LogP contribution in [0.5, 0.6) is 0 Å². The molecule has 0 bridgehead atoms. The first kappa shape index (κ1) is 15.0. The van der Waals surface area contributed by atoms with Gasteiger partial charge in [0, 0.05) is 17.9 Å². The first-order chi connectivity index (χ1) is 8.64. The van der Waals surface area contributed by atoms with Crippen LogP contribution in [0, 0.1) is 0 Å². The Bertz CT molecular complexity index is 520. The van der Waals surface area contributed by atoms with Gasteiger partial charge in [0.15, 0.2) is 0 Å². The predicted octanol–water partition coefficient (Wildman–Crippen LogP) is 1.77. The number of aromatic nitrogens is 1. The van der Waals surface area contributed by atoms with Crippen molar-refractivity contribution in [1.29, 1.82) is 0 Å². The molecule has 2 rings (SSSR count). The highest BCUT2D eigenvalue weighted by Crippen LogP contribution is 2.36. The SMILES string of the molecule is CS(=O)c1ncc(Cl)cc1B1OC(C)(C)C(C)(C)O1. The standard InChI is InChI=1S/C12H17BClNO3S/c1-11(2)12(3,4)18-13(17-11)9-6-8(14)7-15-10(9)19(5)16/h6-7H,1-5H3. The molecule has 0 spiro atoms. The second-order valence-corrected chi connectivity index (χ2v) is 7.32. The van der Waals surface area contributed by atoms with Crippen LogP contribution in [0.1, 0.15) is 27.7 Å². The Morgan fingerprint density at radius 3 is 2.26 bits per heavy atom. The van der Waals surface area contributed by atoms with Crippen LogP contribution in [0.3, 0.4) is 0 Å². The highest BCUT2D eigenvalue weighted by atomic mass is 35.5. The maximum atomic E-state index is 11.8. The number of hydrogen-bond acceptors (Lipinski definition) is 4. The van der Waals surface area contributed by atoms with E-state index >= 15 is 0 Å². The molecule has 1 unspecified atom stereocenters. The summed E-state index contributed by atoms with van der Waals surface area (Å²) in [5.41, 5.74) is -0.272. The van der Waals surface area contributed by atoms with Gasteiger partial charge in [0.1, 0.15) is 5.03 Å². The number of pyridine rings is 1. The Morgan fingerprint density at radius 2 is 1.79 bits per heavy atom. The lowest BCUT2D eigenvalue weighted by molar-refractivity contribution is 0.00578. The zero-order chi connectivity index (χ0) is 14.4. The predicted molar refractivity (Wildman–Crippen MR) is 77.3 cm³/mol. The van der Waals surface area contributed by atoms with Crippen molar-refractivity contribution in [1.82, 2.24) is 4.98 Å². The van der Waals surface area contributed by atoms with Crippen molar-refractivity contribution in [3.8, 4) is 0 Å². The summed E-state index contributed by atoms with van der Waals surface area (Å²) < 4.78 is 23.6. The number of nitrogens with zero attached hydrogens (tertiary/aromatic N) is 1. The Kier molecular flexibility index (Phi) is 3.82. The third kappa shape index (κ3) is 2.72. The minimum atomic E-state index is -1.22. The monoisotopic (exact) mass is 301 g/mol. The van der Waals surface area contributed by atoms with E-state index in [1.165, 1.54) is 6.20 Å². The van der Waals surface area contributed by atoms with Crippen molar-refractivity contribution in [2.24, 2.45) is 0 Å². The largest absolute Gasteiger partial charge is 0.497 e. The van der Waals surface area contributed by atoms with Gasteiger partial charge in [-0.2, -0.15) is 0 Å². The summed E-state index contributed by atoms with van der Waals surface area (Å²) in [6, 6.07) is 1.70. The molecule has 1 aromatic rings. The van der Waals surface area contributed by atoms with E-state index in [9.17, 15) is 4.21 Å². The van der Waals surface area contributed by atoms with E-state index in [4.69, 9.17) is 20.9 Å². The summed E-state index contributed by atoms with van der Waals surface area (Å²) in [4.78, 5) is 4.13. The van der Waals surface area contributed by atoms with E-state index in [0.29, 0.717) is 15.5 Å². The average Bonchev–Trinajstić information content (AvgIpc) is 2.47. The van der Waals surface area contributed by atoms with Crippen LogP contribution < -0.4 is 5.46 Å². The van der Waals surface area contributed by atoms with Gasteiger partial charge < -0.3 is 9.31 Å². The Balaban J connectivity index is 2.44. The lowest BCUT2D eigenvalue weighted by Gasteiger charge is -2.32. The van der Waals surface area contributed by atoms with Gasteiger partial charge in [-0.25, -0.2) is 4.98 Å². The van der Waals surface area contributed by atoms with Gasteiger partial charge in [-0.15, -0.1) is 0 Å². The van der Waals surface area contributed by atoms with Gasteiger partial charge in [0.05, 0.1) is 27.0 Å². The van der Waals surface area contributed by atoms with E-state index in [0.717, 1.165) is 0 Å². The van der Waals surface area contributed by atoms with Crippen molar-refractivity contribution in [3.63, 3.8) is 0 Å². The molecule has 4 nitrogen and oxygen atoms in total. The molecule has 104 valence electrons. The summed E-state index contributed by atoms with van der Waals surface area (Å²) in [5.74, 6) is 0. The molecule has 2 heterocycles. The minimum absolute atomic E-state index is 0.447. The van der Waals surface area contributed by atoms with Crippen LogP contribution in [-0.4, -0.2) is 33.8 Å². The summed E-state index contributed by atoms with van der Waals surface area (Å²) in [7, 11) is -1.83. The van der Waals surface area contributed by atoms with E-state index in [2.05, 4.69) is 4.98 Å². The molecule has 0 aromatic carbocycles. The average molecular weight is 302 g/mol. The van der Waals surface area contributed by atoms with Crippen molar-refractivity contribution < 1.29 is 13.5 Å². The molecule has 0 aliphatic carbocycles. The maximum Gasteiger partial charge on any atom is 0.497 e. The van der Waals surface area contributed by atoms with Gasteiger partial charge in [-0.3, -0.25) is 4.21 Å². The number of halogens is 1. The fourth-order valence-corrected chi connectivity index (χ4v) is 2.68. The third-order valence-electron chi connectivity index (χ3n) is 3.62. The smallest absolute Gasteiger partial charge is 0.399 e. The van der Waals surface area contributed by atoms with E-state index < -0.39 is 29.1 Å². The summed E-state index contributed by atoms with van der Waals surface area (Å²) in [6.45, 7) is 7.86. The summed E-state index contributed by atoms with van der Waals surface area (Å²) >= 11 is 5.97. The molecule has 1 aliphatic rings. The molecular weight excluding hydrogens is 284 g/mol. The van der Waals surface area contributed by atoms with Gasteiger partial charge in [-0.05, 0) is 33.8 Å². The van der Waals surface area contributed by atoms with Crippen LogP contribution >= 0.6 is 11.6 Å². The van der Waals surface area contributed by atoms with Gasteiger partial charge in [0.25, 0.3) is 0 Å².